The van der Waals surface area contributed by atoms with Gasteiger partial charge in [0.1, 0.15) is 6.04 Å². The van der Waals surface area contributed by atoms with E-state index in [2.05, 4.69) is 33.0 Å². The second-order valence-electron chi connectivity index (χ2n) is 8.08. The Bertz CT molecular complexity index is 667. The van der Waals surface area contributed by atoms with Crippen LogP contribution in [0.15, 0.2) is 35.2 Å². The summed E-state index contributed by atoms with van der Waals surface area (Å²) in [6, 6.07) is 7.74. The number of carbonyl (C=O) groups excluding carboxylic acids is 2. The first-order valence-corrected chi connectivity index (χ1v) is 11.0. The zero-order valence-corrected chi connectivity index (χ0v) is 17.9. The molecule has 1 aliphatic heterocycles. The lowest BCUT2D eigenvalue weighted by molar-refractivity contribution is -0.142. The third-order valence-corrected chi connectivity index (χ3v) is 5.45. The lowest BCUT2D eigenvalue weighted by Gasteiger charge is -2.40. The predicted molar refractivity (Wildman–Crippen MR) is 114 cm³/mol. The highest BCUT2D eigenvalue weighted by Crippen LogP contribution is 2.21. The van der Waals surface area contributed by atoms with E-state index in [0.717, 1.165) is 12.0 Å². The first kappa shape index (κ1) is 21.5. The summed E-state index contributed by atoms with van der Waals surface area (Å²) in [7, 11) is 0. The minimum atomic E-state index is -0.385. The van der Waals surface area contributed by atoms with Gasteiger partial charge < -0.3 is 10.2 Å². The molecule has 0 spiro atoms. The smallest absolute Gasteiger partial charge is 0.247 e. The van der Waals surface area contributed by atoms with E-state index in [1.807, 2.05) is 36.6 Å². The Hall–Kier alpha value is -1.75. The highest BCUT2D eigenvalue weighted by atomic mass is 32.2. The molecule has 1 saturated heterocycles. The van der Waals surface area contributed by atoms with Gasteiger partial charge in [-0.1, -0.05) is 39.8 Å². The minimum Gasteiger partial charge on any atom is -0.350 e. The first-order chi connectivity index (χ1) is 12.8. The number of amides is 2. The van der Waals surface area contributed by atoms with Crippen LogP contribution < -0.4 is 5.32 Å². The van der Waals surface area contributed by atoms with Crippen molar-refractivity contribution in [1.82, 2.24) is 10.2 Å². The average Bonchev–Trinajstić information content (AvgIpc) is 2.61. The maximum absolute atomic E-state index is 12.9. The van der Waals surface area contributed by atoms with Crippen molar-refractivity contribution in [1.29, 1.82) is 0 Å². The molecule has 1 heterocycles. The van der Waals surface area contributed by atoms with E-state index in [1.54, 1.807) is 22.7 Å². The van der Waals surface area contributed by atoms with Gasteiger partial charge >= 0.3 is 0 Å². The van der Waals surface area contributed by atoms with Crippen LogP contribution in [0.5, 0.6) is 0 Å². The third kappa shape index (κ3) is 6.42. The minimum absolute atomic E-state index is 0.0216. The number of rotatable bonds is 7. The second-order valence-corrected chi connectivity index (χ2v) is 8.96. The second kappa shape index (κ2) is 9.98. The van der Waals surface area contributed by atoms with Crippen LogP contribution in [0, 0.1) is 11.8 Å². The monoisotopic (exact) mass is 388 g/mol. The third-order valence-electron chi connectivity index (χ3n) is 4.71. The van der Waals surface area contributed by atoms with E-state index in [0.29, 0.717) is 24.8 Å². The largest absolute Gasteiger partial charge is 0.350 e. The normalized spacial score (nSPS) is 20.6. The van der Waals surface area contributed by atoms with Crippen LogP contribution in [-0.4, -0.2) is 41.6 Å². The maximum atomic E-state index is 12.9. The Balaban J connectivity index is 2.15. The summed E-state index contributed by atoms with van der Waals surface area (Å²) in [5, 5.41) is 3.12. The summed E-state index contributed by atoms with van der Waals surface area (Å²) in [4.78, 5) is 28.5. The molecule has 2 rings (SSSR count). The van der Waals surface area contributed by atoms with Gasteiger partial charge in [0.2, 0.25) is 11.8 Å². The number of piperazine rings is 1. The number of benzene rings is 1. The van der Waals surface area contributed by atoms with E-state index in [1.165, 1.54) is 4.90 Å². The molecule has 1 fully saturated rings. The van der Waals surface area contributed by atoms with Crippen LogP contribution in [0.2, 0.25) is 0 Å². The Morgan fingerprint density at radius 1 is 1.19 bits per heavy atom. The molecule has 27 heavy (non-hydrogen) atoms. The van der Waals surface area contributed by atoms with Gasteiger partial charge in [0.25, 0.3) is 0 Å². The fourth-order valence-corrected chi connectivity index (χ4v) is 3.86. The molecule has 1 aromatic carbocycles. The molecule has 0 bridgehead atoms. The van der Waals surface area contributed by atoms with Crippen molar-refractivity contribution < 1.29 is 9.59 Å². The van der Waals surface area contributed by atoms with Gasteiger partial charge in [0, 0.05) is 23.6 Å². The van der Waals surface area contributed by atoms with Crippen molar-refractivity contribution in [2.45, 2.75) is 57.5 Å². The molecule has 1 aromatic rings. The van der Waals surface area contributed by atoms with Crippen LogP contribution >= 0.6 is 11.8 Å². The maximum Gasteiger partial charge on any atom is 0.247 e. The Kier molecular flexibility index (Phi) is 7.96. The molecular formula is C22H32N2O2S. The van der Waals surface area contributed by atoms with Gasteiger partial charge in [0.15, 0.2) is 0 Å². The van der Waals surface area contributed by atoms with Crippen molar-refractivity contribution in [3.05, 3.63) is 35.9 Å². The van der Waals surface area contributed by atoms with Crippen molar-refractivity contribution in [3.8, 4) is 0 Å². The van der Waals surface area contributed by atoms with E-state index in [9.17, 15) is 9.59 Å². The van der Waals surface area contributed by atoms with E-state index < -0.39 is 0 Å². The van der Waals surface area contributed by atoms with Gasteiger partial charge in [0.05, 0.1) is 0 Å². The van der Waals surface area contributed by atoms with Gasteiger partial charge in [-0.25, -0.2) is 0 Å². The predicted octanol–water partition coefficient (Wildman–Crippen LogP) is 4.21. The van der Waals surface area contributed by atoms with E-state index >= 15 is 0 Å². The molecule has 0 radical (unpaired) electrons. The number of hydrogen-bond donors (Lipinski definition) is 1. The SMILES string of the molecule is CSc1ccc(C=CC(=O)N2CC(CC(C)C)NC(=O)C2CC(C)C)cc1. The van der Waals surface area contributed by atoms with Crippen molar-refractivity contribution >= 4 is 29.7 Å². The number of nitrogens with one attached hydrogen (secondary N) is 1. The molecule has 5 heteroatoms. The molecule has 1 aliphatic rings. The summed E-state index contributed by atoms with van der Waals surface area (Å²) in [5.41, 5.74) is 0.988. The topological polar surface area (TPSA) is 49.4 Å². The van der Waals surface area contributed by atoms with E-state index in [4.69, 9.17) is 0 Å². The van der Waals surface area contributed by atoms with Crippen LogP contribution in [0.25, 0.3) is 6.08 Å². The quantitative estimate of drug-likeness (QED) is 0.562. The Morgan fingerprint density at radius 2 is 1.81 bits per heavy atom. The van der Waals surface area contributed by atoms with Gasteiger partial charge in [-0.3, -0.25) is 9.59 Å². The van der Waals surface area contributed by atoms with Crippen LogP contribution in [0.4, 0.5) is 0 Å². The van der Waals surface area contributed by atoms with Crippen molar-refractivity contribution in [2.24, 2.45) is 11.8 Å². The first-order valence-electron chi connectivity index (χ1n) is 9.73. The number of thioether (sulfide) groups is 1. The number of nitrogens with zero attached hydrogens (tertiary/aromatic N) is 1. The summed E-state index contributed by atoms with van der Waals surface area (Å²) < 4.78 is 0. The van der Waals surface area contributed by atoms with Gasteiger partial charge in [-0.05, 0) is 54.7 Å². The molecule has 0 aliphatic carbocycles. The summed E-state index contributed by atoms with van der Waals surface area (Å²) in [5.74, 6) is 0.713. The molecule has 2 atom stereocenters. The van der Waals surface area contributed by atoms with Crippen molar-refractivity contribution in [3.63, 3.8) is 0 Å². The molecule has 0 aromatic heterocycles. The highest BCUT2D eigenvalue weighted by molar-refractivity contribution is 7.98. The van der Waals surface area contributed by atoms with Gasteiger partial charge in [-0.2, -0.15) is 0 Å². The lowest BCUT2D eigenvalue weighted by atomic mass is 9.95. The molecule has 2 amide bonds. The Labute approximate surface area is 167 Å². The number of hydrogen-bond acceptors (Lipinski definition) is 3. The molecule has 4 nitrogen and oxygen atoms in total. The van der Waals surface area contributed by atoms with Crippen LogP contribution in [0.1, 0.15) is 46.1 Å². The van der Waals surface area contributed by atoms with Crippen LogP contribution in [0.3, 0.4) is 0 Å². The van der Waals surface area contributed by atoms with Crippen LogP contribution in [-0.2, 0) is 9.59 Å². The molecule has 148 valence electrons. The molecular weight excluding hydrogens is 356 g/mol. The zero-order valence-electron chi connectivity index (χ0n) is 17.1. The standard InChI is InChI=1S/C22H32N2O2S/c1-15(2)12-18-14-24(20(13-16(3)4)22(26)23-18)21(25)11-8-17-6-9-19(27-5)10-7-17/h6-11,15-16,18,20H,12-14H2,1-5H3,(H,23,26). The lowest BCUT2D eigenvalue weighted by Crippen LogP contribution is -2.61. The molecule has 2 unspecified atom stereocenters. The fourth-order valence-electron chi connectivity index (χ4n) is 3.45. The molecule has 1 N–H and O–H groups in total. The Morgan fingerprint density at radius 3 is 2.37 bits per heavy atom. The summed E-state index contributed by atoms with van der Waals surface area (Å²) in [6.45, 7) is 9.02. The van der Waals surface area contributed by atoms with E-state index in [-0.39, 0.29) is 23.9 Å². The highest BCUT2D eigenvalue weighted by Gasteiger charge is 2.36. The summed E-state index contributed by atoms with van der Waals surface area (Å²) >= 11 is 1.69. The van der Waals surface area contributed by atoms with Crippen molar-refractivity contribution in [2.75, 3.05) is 12.8 Å². The zero-order chi connectivity index (χ0) is 20.0. The average molecular weight is 389 g/mol. The summed E-state index contributed by atoms with van der Waals surface area (Å²) in [6.07, 6.45) is 7.04. The van der Waals surface area contributed by atoms with Gasteiger partial charge in [-0.15, -0.1) is 11.8 Å². The number of carbonyl (C=O) groups is 2. The molecule has 0 saturated carbocycles. The fraction of sp³-hybridized carbons (Fsp3) is 0.545.